The number of ether oxygens (including phenoxy) is 2. The Balaban J connectivity index is 1.47. The number of anilines is 1. The Kier molecular flexibility index (Phi) is 4.92. The van der Waals surface area contributed by atoms with E-state index >= 15 is 0 Å². The number of aryl methyl sites for hydroxylation is 2. The number of hydrogen-bond acceptors (Lipinski definition) is 4. The number of carbonyl (C=O) groups is 1. The Bertz CT molecular complexity index is 819. The molecule has 2 aliphatic heterocycles. The van der Waals surface area contributed by atoms with Crippen LogP contribution < -0.4 is 14.4 Å². The molecule has 2 aliphatic rings. The van der Waals surface area contributed by atoms with Crippen LogP contribution in [0.4, 0.5) is 5.69 Å². The maximum atomic E-state index is 12.9. The molecule has 1 fully saturated rings. The van der Waals surface area contributed by atoms with E-state index < -0.39 is 0 Å². The fourth-order valence-corrected chi connectivity index (χ4v) is 3.97. The summed E-state index contributed by atoms with van der Waals surface area (Å²) >= 11 is 0. The van der Waals surface area contributed by atoms with Gasteiger partial charge in [0.1, 0.15) is 0 Å². The van der Waals surface area contributed by atoms with E-state index in [4.69, 9.17) is 9.47 Å². The van der Waals surface area contributed by atoms with Crippen molar-refractivity contribution in [1.29, 1.82) is 0 Å². The number of carbonyl (C=O) groups excluding carboxylic acids is 1. The van der Waals surface area contributed by atoms with Crippen LogP contribution in [0.2, 0.25) is 0 Å². The lowest BCUT2D eigenvalue weighted by molar-refractivity contribution is 0.0746. The van der Waals surface area contributed by atoms with Gasteiger partial charge in [-0.15, -0.1) is 0 Å². The number of piperazine rings is 1. The largest absolute Gasteiger partial charge is 0.454 e. The van der Waals surface area contributed by atoms with Gasteiger partial charge in [-0.05, 0) is 42.2 Å². The number of para-hydroxylation sites is 1. The van der Waals surface area contributed by atoms with Gasteiger partial charge in [0.25, 0.3) is 5.91 Å². The van der Waals surface area contributed by atoms with Crippen molar-refractivity contribution in [3.05, 3.63) is 53.1 Å². The zero-order valence-electron chi connectivity index (χ0n) is 16.0. The van der Waals surface area contributed by atoms with E-state index in [1.807, 2.05) is 17.0 Å². The third-order valence-electron chi connectivity index (χ3n) is 5.47. The molecule has 5 heteroatoms. The third-order valence-corrected chi connectivity index (χ3v) is 5.47. The van der Waals surface area contributed by atoms with Gasteiger partial charge in [0.05, 0.1) is 0 Å². The summed E-state index contributed by atoms with van der Waals surface area (Å²) in [6.07, 6.45) is 2.05. The standard InChI is InChI=1S/C22H26N2O3/c1-3-16-6-5-7-17(4-2)21(16)23-10-12-24(13-11-23)22(25)18-8-9-19-20(14-18)27-15-26-19/h5-9,14H,3-4,10-13,15H2,1-2H3. The molecule has 4 rings (SSSR count). The first-order chi connectivity index (χ1) is 13.2. The summed E-state index contributed by atoms with van der Waals surface area (Å²) in [5.74, 6) is 1.43. The SMILES string of the molecule is CCc1cccc(CC)c1N1CCN(C(=O)c2ccc3c(c2)OCO3)CC1. The first kappa shape index (κ1) is 17.7. The van der Waals surface area contributed by atoms with Crippen molar-refractivity contribution in [3.8, 4) is 11.5 Å². The Morgan fingerprint density at radius 2 is 1.59 bits per heavy atom. The van der Waals surface area contributed by atoms with E-state index in [9.17, 15) is 4.79 Å². The highest BCUT2D eigenvalue weighted by Gasteiger charge is 2.25. The van der Waals surface area contributed by atoms with Gasteiger partial charge in [-0.25, -0.2) is 0 Å². The summed E-state index contributed by atoms with van der Waals surface area (Å²) in [6.45, 7) is 7.82. The van der Waals surface area contributed by atoms with Crippen molar-refractivity contribution in [3.63, 3.8) is 0 Å². The lowest BCUT2D eigenvalue weighted by Crippen LogP contribution is -2.49. The highest BCUT2D eigenvalue weighted by atomic mass is 16.7. The first-order valence-electron chi connectivity index (χ1n) is 9.76. The molecule has 2 aromatic rings. The fraction of sp³-hybridized carbons (Fsp3) is 0.409. The van der Waals surface area contributed by atoms with Gasteiger partial charge in [0.2, 0.25) is 6.79 Å². The average molecular weight is 366 g/mol. The molecule has 0 N–H and O–H groups in total. The molecular formula is C22H26N2O3. The summed E-state index contributed by atoms with van der Waals surface area (Å²) in [7, 11) is 0. The molecule has 0 unspecified atom stereocenters. The maximum Gasteiger partial charge on any atom is 0.254 e. The summed E-state index contributed by atoms with van der Waals surface area (Å²) in [4.78, 5) is 17.3. The zero-order chi connectivity index (χ0) is 18.8. The molecule has 0 aromatic heterocycles. The smallest absolute Gasteiger partial charge is 0.254 e. The number of rotatable bonds is 4. The van der Waals surface area contributed by atoms with E-state index in [-0.39, 0.29) is 12.7 Å². The Morgan fingerprint density at radius 1 is 0.926 bits per heavy atom. The second-order valence-electron chi connectivity index (χ2n) is 6.98. The van der Waals surface area contributed by atoms with Gasteiger partial charge >= 0.3 is 0 Å². The molecule has 1 saturated heterocycles. The van der Waals surface area contributed by atoms with E-state index in [0.29, 0.717) is 17.1 Å². The molecule has 2 aromatic carbocycles. The minimum Gasteiger partial charge on any atom is -0.454 e. The second-order valence-corrected chi connectivity index (χ2v) is 6.98. The molecule has 0 atom stereocenters. The van der Waals surface area contributed by atoms with Gasteiger partial charge in [-0.2, -0.15) is 0 Å². The number of hydrogen-bond donors (Lipinski definition) is 0. The average Bonchev–Trinajstić information content (AvgIpc) is 3.20. The zero-order valence-corrected chi connectivity index (χ0v) is 16.0. The summed E-state index contributed by atoms with van der Waals surface area (Å²) in [6, 6.07) is 12.0. The van der Waals surface area contributed by atoms with Crippen molar-refractivity contribution < 1.29 is 14.3 Å². The monoisotopic (exact) mass is 366 g/mol. The maximum absolute atomic E-state index is 12.9. The molecule has 0 aliphatic carbocycles. The summed E-state index contributed by atoms with van der Waals surface area (Å²) in [5.41, 5.74) is 4.82. The molecule has 0 radical (unpaired) electrons. The predicted molar refractivity (Wildman–Crippen MR) is 106 cm³/mol. The molecule has 0 spiro atoms. The molecular weight excluding hydrogens is 340 g/mol. The molecule has 1 amide bonds. The van der Waals surface area contributed by atoms with Gasteiger partial charge in [0.15, 0.2) is 11.5 Å². The lowest BCUT2D eigenvalue weighted by Gasteiger charge is -2.38. The Labute approximate surface area is 160 Å². The van der Waals surface area contributed by atoms with Gasteiger partial charge in [-0.3, -0.25) is 4.79 Å². The number of benzene rings is 2. The van der Waals surface area contributed by atoms with Crippen LogP contribution in [-0.2, 0) is 12.8 Å². The fourth-order valence-electron chi connectivity index (χ4n) is 3.97. The first-order valence-corrected chi connectivity index (χ1v) is 9.76. The van der Waals surface area contributed by atoms with Gasteiger partial charge in [0, 0.05) is 37.4 Å². The van der Waals surface area contributed by atoms with Gasteiger partial charge < -0.3 is 19.3 Å². The summed E-state index contributed by atoms with van der Waals surface area (Å²) in [5, 5.41) is 0. The van der Waals surface area contributed by atoms with E-state index in [2.05, 4.69) is 36.9 Å². The molecule has 142 valence electrons. The quantitative estimate of drug-likeness (QED) is 0.831. The highest BCUT2D eigenvalue weighted by Crippen LogP contribution is 2.33. The molecule has 27 heavy (non-hydrogen) atoms. The number of nitrogens with zero attached hydrogens (tertiary/aromatic N) is 2. The number of amides is 1. The number of fused-ring (bicyclic) bond motifs is 1. The van der Waals surface area contributed by atoms with Crippen LogP contribution in [0.25, 0.3) is 0 Å². The van der Waals surface area contributed by atoms with E-state index in [1.165, 1.54) is 16.8 Å². The van der Waals surface area contributed by atoms with E-state index in [1.54, 1.807) is 6.07 Å². The normalized spacial score (nSPS) is 15.9. The van der Waals surface area contributed by atoms with Crippen LogP contribution in [-0.4, -0.2) is 43.8 Å². The molecule has 0 bridgehead atoms. The predicted octanol–water partition coefficient (Wildman–Crippen LogP) is 3.50. The molecule has 2 heterocycles. The van der Waals surface area contributed by atoms with Crippen molar-refractivity contribution in [2.24, 2.45) is 0 Å². The summed E-state index contributed by atoms with van der Waals surface area (Å²) < 4.78 is 10.7. The van der Waals surface area contributed by atoms with Crippen molar-refractivity contribution in [1.82, 2.24) is 4.90 Å². The Hall–Kier alpha value is -2.69. The minimum atomic E-state index is 0.0624. The minimum absolute atomic E-state index is 0.0624. The molecule has 5 nitrogen and oxygen atoms in total. The highest BCUT2D eigenvalue weighted by molar-refractivity contribution is 5.95. The van der Waals surface area contributed by atoms with Crippen molar-refractivity contribution in [2.45, 2.75) is 26.7 Å². The van der Waals surface area contributed by atoms with Crippen LogP contribution in [0.3, 0.4) is 0 Å². The van der Waals surface area contributed by atoms with Crippen molar-refractivity contribution in [2.75, 3.05) is 37.9 Å². The van der Waals surface area contributed by atoms with E-state index in [0.717, 1.165) is 39.0 Å². The van der Waals surface area contributed by atoms with Crippen LogP contribution in [0, 0.1) is 0 Å². The third kappa shape index (κ3) is 3.34. The lowest BCUT2D eigenvalue weighted by atomic mass is 10.0. The second kappa shape index (κ2) is 7.51. The topological polar surface area (TPSA) is 42.0 Å². The van der Waals surface area contributed by atoms with Crippen LogP contribution in [0.1, 0.15) is 35.3 Å². The van der Waals surface area contributed by atoms with Crippen LogP contribution in [0.15, 0.2) is 36.4 Å². The van der Waals surface area contributed by atoms with Gasteiger partial charge in [-0.1, -0.05) is 32.0 Å². The van der Waals surface area contributed by atoms with Crippen LogP contribution in [0.5, 0.6) is 11.5 Å². The Morgan fingerprint density at radius 3 is 2.26 bits per heavy atom. The molecule has 0 saturated carbocycles. The van der Waals surface area contributed by atoms with Crippen LogP contribution >= 0.6 is 0 Å². The van der Waals surface area contributed by atoms with Crippen molar-refractivity contribution >= 4 is 11.6 Å².